The number of H-pyrrole nitrogens is 1. The van der Waals surface area contributed by atoms with Crippen molar-refractivity contribution >= 4 is 12.6 Å². The highest BCUT2D eigenvalue weighted by Gasteiger charge is 1.88. The minimum Gasteiger partial charge on any atom is -0.349 e. The summed E-state index contributed by atoms with van der Waals surface area (Å²) in [4.78, 5) is 6.94. The second-order valence-corrected chi connectivity index (χ2v) is 1.90. The van der Waals surface area contributed by atoms with Crippen LogP contribution in [-0.4, -0.2) is 15.7 Å². The molecule has 2 nitrogen and oxygen atoms in total. The molecule has 0 aliphatic carbocycles. The molecule has 1 aromatic rings. The standard InChI is InChI=1S/C5H7N2S/c8-4-1-5-6-2-3-7-5/h2-3H,1,4H2,(H,6,7). The van der Waals surface area contributed by atoms with Crippen LogP contribution < -0.4 is 0 Å². The number of rotatable bonds is 2. The van der Waals surface area contributed by atoms with E-state index >= 15 is 0 Å². The fourth-order valence-corrected chi connectivity index (χ4v) is 0.725. The van der Waals surface area contributed by atoms with Gasteiger partial charge in [0.2, 0.25) is 0 Å². The Hall–Kier alpha value is -0.440. The zero-order valence-electron chi connectivity index (χ0n) is 4.42. The second-order valence-electron chi connectivity index (χ2n) is 1.49. The predicted molar refractivity (Wildman–Crippen MR) is 34.7 cm³/mol. The van der Waals surface area contributed by atoms with Crippen LogP contribution in [0.1, 0.15) is 5.82 Å². The summed E-state index contributed by atoms with van der Waals surface area (Å²) < 4.78 is 0. The van der Waals surface area contributed by atoms with Crippen LogP contribution in [0, 0.1) is 0 Å². The van der Waals surface area contributed by atoms with Crippen LogP contribution in [0.2, 0.25) is 0 Å². The molecule has 0 bridgehead atoms. The van der Waals surface area contributed by atoms with E-state index in [4.69, 9.17) is 12.6 Å². The molecule has 0 fully saturated rings. The second kappa shape index (κ2) is 2.77. The first-order chi connectivity index (χ1) is 3.93. The molecule has 43 valence electrons. The van der Waals surface area contributed by atoms with Gasteiger partial charge in [0.1, 0.15) is 5.82 Å². The number of aryl methyl sites for hydroxylation is 1. The number of imidazole rings is 1. The highest BCUT2D eigenvalue weighted by molar-refractivity contribution is 7.80. The van der Waals surface area contributed by atoms with Gasteiger partial charge >= 0.3 is 0 Å². The molecule has 1 N–H and O–H groups in total. The molecule has 0 spiro atoms. The average molecular weight is 127 g/mol. The van der Waals surface area contributed by atoms with Crippen LogP contribution >= 0.6 is 12.6 Å². The molecule has 8 heavy (non-hydrogen) atoms. The van der Waals surface area contributed by atoms with E-state index in [2.05, 4.69) is 9.97 Å². The van der Waals surface area contributed by atoms with Crippen LogP contribution in [0.25, 0.3) is 0 Å². The summed E-state index contributed by atoms with van der Waals surface area (Å²) in [6.45, 7) is 0. The number of aromatic nitrogens is 2. The predicted octanol–water partition coefficient (Wildman–Crippen LogP) is 1.15. The Labute approximate surface area is 53.7 Å². The van der Waals surface area contributed by atoms with Crippen molar-refractivity contribution in [1.29, 1.82) is 0 Å². The SMILES string of the molecule is [S]CCc1ncc[nH]1. The molecule has 0 saturated carbocycles. The maximum absolute atomic E-state index is 4.74. The van der Waals surface area contributed by atoms with E-state index in [0.717, 1.165) is 18.0 Å². The zero-order valence-corrected chi connectivity index (χ0v) is 5.24. The fraction of sp³-hybridized carbons (Fsp3) is 0.400. The molecule has 1 heterocycles. The third kappa shape index (κ3) is 1.26. The molecule has 0 unspecified atom stereocenters. The number of hydrogen-bond acceptors (Lipinski definition) is 1. The Morgan fingerprint density at radius 3 is 3.12 bits per heavy atom. The maximum Gasteiger partial charge on any atom is 0.106 e. The Morgan fingerprint density at radius 1 is 1.75 bits per heavy atom. The van der Waals surface area contributed by atoms with Gasteiger partial charge in [0.15, 0.2) is 0 Å². The van der Waals surface area contributed by atoms with Crippen LogP contribution in [0.15, 0.2) is 12.4 Å². The normalized spacial score (nSPS) is 9.62. The first-order valence-electron chi connectivity index (χ1n) is 2.50. The Bertz CT molecular complexity index is 136. The van der Waals surface area contributed by atoms with Gasteiger partial charge in [-0.2, -0.15) is 0 Å². The van der Waals surface area contributed by atoms with Crippen LogP contribution in [0.3, 0.4) is 0 Å². The minimum atomic E-state index is 0.744. The zero-order chi connectivity index (χ0) is 5.82. The summed E-state index contributed by atoms with van der Waals surface area (Å²) in [6.07, 6.45) is 4.42. The molecule has 3 heteroatoms. The van der Waals surface area contributed by atoms with Crippen molar-refractivity contribution in [2.45, 2.75) is 6.42 Å². The first kappa shape index (κ1) is 5.69. The summed E-state index contributed by atoms with van der Waals surface area (Å²) >= 11 is 4.74. The van der Waals surface area contributed by atoms with Crippen molar-refractivity contribution in [2.24, 2.45) is 0 Å². The van der Waals surface area contributed by atoms with Crippen molar-refractivity contribution in [2.75, 3.05) is 5.75 Å². The van der Waals surface area contributed by atoms with E-state index in [1.807, 2.05) is 0 Å². The van der Waals surface area contributed by atoms with Gasteiger partial charge < -0.3 is 4.98 Å². The highest BCUT2D eigenvalue weighted by Crippen LogP contribution is 1.89. The van der Waals surface area contributed by atoms with Crippen LogP contribution in [-0.2, 0) is 6.42 Å². The Morgan fingerprint density at radius 2 is 2.62 bits per heavy atom. The van der Waals surface area contributed by atoms with Gasteiger partial charge in [0.05, 0.1) is 0 Å². The Kier molecular flexibility index (Phi) is 1.97. The Balaban J connectivity index is 2.50. The summed E-state index contributed by atoms with van der Waals surface area (Å²) in [5.41, 5.74) is 0. The lowest BCUT2D eigenvalue weighted by Gasteiger charge is -1.84. The van der Waals surface area contributed by atoms with E-state index in [-0.39, 0.29) is 0 Å². The quantitative estimate of drug-likeness (QED) is 0.634. The van der Waals surface area contributed by atoms with Gasteiger partial charge in [0, 0.05) is 24.6 Å². The lowest BCUT2D eigenvalue weighted by Crippen LogP contribution is -1.86. The smallest absolute Gasteiger partial charge is 0.106 e. The number of hydrogen-bond donors (Lipinski definition) is 1. The van der Waals surface area contributed by atoms with E-state index in [9.17, 15) is 0 Å². The van der Waals surface area contributed by atoms with E-state index in [1.165, 1.54) is 0 Å². The first-order valence-corrected chi connectivity index (χ1v) is 3.07. The highest BCUT2D eigenvalue weighted by atomic mass is 32.1. The molecule has 0 amide bonds. The molecule has 0 saturated heterocycles. The van der Waals surface area contributed by atoms with Gasteiger partial charge in [0.25, 0.3) is 0 Å². The third-order valence-electron chi connectivity index (χ3n) is 0.894. The van der Waals surface area contributed by atoms with Gasteiger partial charge in [-0.3, -0.25) is 0 Å². The molecule has 1 aromatic heterocycles. The average Bonchev–Trinajstić information content (AvgIpc) is 2.19. The summed E-state index contributed by atoms with van der Waals surface area (Å²) in [5, 5.41) is 0. The molecule has 0 aromatic carbocycles. The molecular formula is C5H7N2S. The van der Waals surface area contributed by atoms with Gasteiger partial charge in [-0.1, -0.05) is 12.6 Å². The fourth-order valence-electron chi connectivity index (χ4n) is 0.531. The molecular weight excluding hydrogens is 120 g/mol. The number of nitrogens with one attached hydrogen (secondary N) is 1. The minimum absolute atomic E-state index is 0.744. The lowest BCUT2D eigenvalue weighted by atomic mass is 10.5. The van der Waals surface area contributed by atoms with Crippen molar-refractivity contribution in [3.05, 3.63) is 18.2 Å². The third-order valence-corrected chi connectivity index (χ3v) is 1.10. The molecule has 1 rings (SSSR count). The lowest BCUT2D eigenvalue weighted by molar-refractivity contribution is 1.00. The molecule has 0 atom stereocenters. The summed E-state index contributed by atoms with van der Waals surface area (Å²) in [6, 6.07) is 0. The maximum atomic E-state index is 4.74. The number of aromatic amines is 1. The van der Waals surface area contributed by atoms with Gasteiger partial charge in [-0.25, -0.2) is 4.98 Å². The van der Waals surface area contributed by atoms with Crippen LogP contribution in [0.4, 0.5) is 0 Å². The summed E-state index contributed by atoms with van der Waals surface area (Å²) in [5.74, 6) is 1.73. The number of nitrogens with zero attached hydrogens (tertiary/aromatic N) is 1. The summed E-state index contributed by atoms with van der Waals surface area (Å²) in [7, 11) is 0. The van der Waals surface area contributed by atoms with Crippen molar-refractivity contribution in [3.8, 4) is 0 Å². The van der Waals surface area contributed by atoms with E-state index < -0.39 is 0 Å². The van der Waals surface area contributed by atoms with Gasteiger partial charge in [-0.05, 0) is 0 Å². The molecule has 0 aliphatic rings. The van der Waals surface area contributed by atoms with Gasteiger partial charge in [-0.15, -0.1) is 0 Å². The monoisotopic (exact) mass is 127 g/mol. The van der Waals surface area contributed by atoms with Crippen molar-refractivity contribution < 1.29 is 0 Å². The van der Waals surface area contributed by atoms with Crippen LogP contribution in [0.5, 0.6) is 0 Å². The van der Waals surface area contributed by atoms with Crippen molar-refractivity contribution in [3.63, 3.8) is 0 Å². The largest absolute Gasteiger partial charge is 0.349 e. The topological polar surface area (TPSA) is 28.7 Å². The van der Waals surface area contributed by atoms with E-state index in [1.54, 1.807) is 12.4 Å². The molecule has 0 aliphatic heterocycles. The van der Waals surface area contributed by atoms with E-state index in [0.29, 0.717) is 0 Å². The molecule has 1 radical (unpaired) electrons. The van der Waals surface area contributed by atoms with Crippen molar-refractivity contribution in [1.82, 2.24) is 9.97 Å².